The first-order valence-corrected chi connectivity index (χ1v) is 8.50. The van der Waals surface area contributed by atoms with Crippen molar-refractivity contribution < 1.29 is 9.53 Å². The molecule has 0 atom stereocenters. The van der Waals surface area contributed by atoms with Gasteiger partial charge in [0.1, 0.15) is 11.5 Å². The molecule has 0 fully saturated rings. The van der Waals surface area contributed by atoms with E-state index in [2.05, 4.69) is 16.2 Å². The quantitative estimate of drug-likeness (QED) is 0.542. The average molecular weight is 355 g/mol. The minimum absolute atomic E-state index is 0.188. The topological polar surface area (TPSA) is 62.4 Å². The summed E-state index contributed by atoms with van der Waals surface area (Å²) in [5, 5.41) is 3.47. The number of amides is 1. The molecule has 3 N–H and O–H groups in total. The van der Waals surface area contributed by atoms with Crippen LogP contribution in [0.15, 0.2) is 48.5 Å². The van der Waals surface area contributed by atoms with Gasteiger partial charge in [-0.3, -0.25) is 15.6 Å². The fraction of sp³-hybridized carbons (Fsp3) is 0.263. The summed E-state index contributed by atoms with van der Waals surface area (Å²) >= 11 is 5.22. The third kappa shape index (κ3) is 3.91. The van der Waals surface area contributed by atoms with Crippen molar-refractivity contribution in [2.24, 2.45) is 0 Å². The number of nitrogens with one attached hydrogen (secondary N) is 3. The first-order chi connectivity index (χ1) is 11.8. The Balaban J connectivity index is 1.82. The highest BCUT2D eigenvalue weighted by Gasteiger charge is 2.32. The summed E-state index contributed by atoms with van der Waals surface area (Å²) in [5.74, 6) is 0.723. The second kappa shape index (κ2) is 6.72. The summed E-state index contributed by atoms with van der Waals surface area (Å²) in [6, 6.07) is 15.1. The van der Waals surface area contributed by atoms with Crippen LogP contribution in [0.25, 0.3) is 0 Å². The van der Waals surface area contributed by atoms with Crippen LogP contribution in [0.2, 0.25) is 0 Å². The van der Waals surface area contributed by atoms with Crippen LogP contribution in [0.5, 0.6) is 11.5 Å². The third-order valence-electron chi connectivity index (χ3n) is 3.73. The van der Waals surface area contributed by atoms with Gasteiger partial charge in [0, 0.05) is 16.7 Å². The summed E-state index contributed by atoms with van der Waals surface area (Å²) in [4.78, 5) is 12.9. The maximum Gasteiger partial charge on any atom is 0.250 e. The normalized spacial score (nSPS) is 13.1. The molecule has 3 rings (SSSR count). The second-order valence-corrected chi connectivity index (χ2v) is 7.34. The number of hydrazine groups is 1. The monoisotopic (exact) mass is 355 g/mol. The van der Waals surface area contributed by atoms with E-state index in [4.69, 9.17) is 17.0 Å². The van der Waals surface area contributed by atoms with Crippen molar-refractivity contribution >= 4 is 23.2 Å². The van der Waals surface area contributed by atoms with Crippen molar-refractivity contribution in [1.29, 1.82) is 0 Å². The third-order valence-corrected chi connectivity index (χ3v) is 3.93. The van der Waals surface area contributed by atoms with Crippen LogP contribution in [0.3, 0.4) is 0 Å². The molecule has 1 aliphatic heterocycles. The Bertz CT molecular complexity index is 769. The summed E-state index contributed by atoms with van der Waals surface area (Å²) in [6.07, 6.45) is 0. The zero-order valence-corrected chi connectivity index (χ0v) is 15.2. The SMILES string of the molecule is CC(C)(C)NC(=S)NNC(=O)C1c2ccccc2Oc2ccccc21. The zero-order valence-electron chi connectivity index (χ0n) is 14.4. The summed E-state index contributed by atoms with van der Waals surface area (Å²) in [7, 11) is 0. The van der Waals surface area contributed by atoms with Crippen LogP contribution in [0, 0.1) is 0 Å². The van der Waals surface area contributed by atoms with Gasteiger partial charge in [-0.25, -0.2) is 0 Å². The van der Waals surface area contributed by atoms with Crippen LogP contribution in [-0.4, -0.2) is 16.6 Å². The van der Waals surface area contributed by atoms with Crippen molar-refractivity contribution in [2.75, 3.05) is 0 Å². The fourth-order valence-electron chi connectivity index (χ4n) is 2.75. The molecule has 0 bridgehead atoms. The summed E-state index contributed by atoms with van der Waals surface area (Å²) in [5.41, 5.74) is 6.96. The summed E-state index contributed by atoms with van der Waals surface area (Å²) in [6.45, 7) is 5.98. The van der Waals surface area contributed by atoms with E-state index >= 15 is 0 Å². The molecule has 130 valence electrons. The Morgan fingerprint density at radius 3 is 2.00 bits per heavy atom. The van der Waals surface area contributed by atoms with E-state index in [1.807, 2.05) is 69.3 Å². The van der Waals surface area contributed by atoms with Crippen LogP contribution in [0.1, 0.15) is 37.8 Å². The van der Waals surface area contributed by atoms with E-state index in [0.29, 0.717) is 16.6 Å². The number of carbonyl (C=O) groups is 1. The lowest BCUT2D eigenvalue weighted by molar-refractivity contribution is -0.122. The Labute approximate surface area is 152 Å². The molecule has 0 saturated heterocycles. The van der Waals surface area contributed by atoms with Crippen molar-refractivity contribution in [1.82, 2.24) is 16.2 Å². The Kier molecular flexibility index (Phi) is 4.63. The molecular formula is C19H21N3O2S. The van der Waals surface area contributed by atoms with Crippen molar-refractivity contribution in [3.63, 3.8) is 0 Å². The van der Waals surface area contributed by atoms with Gasteiger partial charge in [-0.1, -0.05) is 36.4 Å². The molecule has 1 heterocycles. The number of para-hydroxylation sites is 2. The standard InChI is InChI=1S/C19H21N3O2S/c1-19(2,3)20-18(25)22-21-17(23)16-12-8-4-6-10-14(12)24-15-11-7-5-9-13(15)16/h4-11,16H,1-3H3,(H,21,23)(H2,20,22,25). The number of fused-ring (bicyclic) bond motifs is 2. The maximum atomic E-state index is 12.9. The molecule has 0 aromatic heterocycles. The van der Waals surface area contributed by atoms with Gasteiger partial charge in [-0.2, -0.15) is 0 Å². The van der Waals surface area contributed by atoms with Gasteiger partial charge in [0.25, 0.3) is 5.91 Å². The summed E-state index contributed by atoms with van der Waals surface area (Å²) < 4.78 is 5.91. The van der Waals surface area contributed by atoms with Crippen LogP contribution in [0.4, 0.5) is 0 Å². The van der Waals surface area contributed by atoms with Crippen molar-refractivity contribution in [3.05, 3.63) is 59.7 Å². The lowest BCUT2D eigenvalue weighted by Crippen LogP contribution is -2.53. The van der Waals surface area contributed by atoms with Gasteiger partial charge in [0.15, 0.2) is 5.11 Å². The van der Waals surface area contributed by atoms with E-state index < -0.39 is 5.92 Å². The molecule has 6 heteroatoms. The van der Waals surface area contributed by atoms with Gasteiger partial charge in [-0.05, 0) is 45.1 Å². The highest BCUT2D eigenvalue weighted by atomic mass is 32.1. The van der Waals surface area contributed by atoms with Gasteiger partial charge in [-0.15, -0.1) is 0 Å². The first-order valence-electron chi connectivity index (χ1n) is 8.09. The maximum absolute atomic E-state index is 12.9. The minimum Gasteiger partial charge on any atom is -0.457 e. The van der Waals surface area contributed by atoms with E-state index in [1.54, 1.807) is 0 Å². The molecule has 25 heavy (non-hydrogen) atoms. The molecule has 0 saturated carbocycles. The fourth-order valence-corrected chi connectivity index (χ4v) is 3.11. The number of rotatable bonds is 1. The first kappa shape index (κ1) is 17.2. The van der Waals surface area contributed by atoms with Crippen molar-refractivity contribution in [2.45, 2.75) is 32.2 Å². The van der Waals surface area contributed by atoms with Gasteiger partial charge in [0.05, 0.1) is 5.92 Å². The number of hydrogen-bond acceptors (Lipinski definition) is 3. The van der Waals surface area contributed by atoms with E-state index in [1.165, 1.54) is 0 Å². The smallest absolute Gasteiger partial charge is 0.250 e. The minimum atomic E-state index is -0.467. The molecule has 0 aliphatic carbocycles. The largest absolute Gasteiger partial charge is 0.457 e. The Hall–Kier alpha value is -2.60. The predicted octanol–water partition coefficient (Wildman–Crippen LogP) is 3.22. The number of benzene rings is 2. The molecule has 1 aliphatic rings. The lowest BCUT2D eigenvalue weighted by Gasteiger charge is -2.28. The number of hydrogen-bond donors (Lipinski definition) is 3. The van der Waals surface area contributed by atoms with Crippen molar-refractivity contribution in [3.8, 4) is 11.5 Å². The Morgan fingerprint density at radius 1 is 0.960 bits per heavy atom. The molecule has 0 spiro atoms. The van der Waals surface area contributed by atoms with Gasteiger partial charge >= 0.3 is 0 Å². The van der Waals surface area contributed by atoms with E-state index in [0.717, 1.165) is 11.1 Å². The second-order valence-electron chi connectivity index (χ2n) is 6.93. The van der Waals surface area contributed by atoms with Gasteiger partial charge in [0.2, 0.25) is 0 Å². The van der Waals surface area contributed by atoms with E-state index in [9.17, 15) is 4.79 Å². The lowest BCUT2D eigenvalue weighted by atomic mass is 9.87. The molecular weight excluding hydrogens is 334 g/mol. The molecule has 2 aromatic rings. The number of carbonyl (C=O) groups excluding carboxylic acids is 1. The molecule has 5 nitrogen and oxygen atoms in total. The predicted molar refractivity (Wildman–Crippen MR) is 102 cm³/mol. The number of thiocarbonyl (C=S) groups is 1. The highest BCUT2D eigenvalue weighted by molar-refractivity contribution is 7.80. The molecule has 0 unspecified atom stereocenters. The number of ether oxygens (including phenoxy) is 1. The average Bonchev–Trinajstić information content (AvgIpc) is 2.56. The van der Waals surface area contributed by atoms with Gasteiger partial charge < -0.3 is 10.1 Å². The molecule has 1 amide bonds. The molecule has 0 radical (unpaired) electrons. The van der Waals surface area contributed by atoms with Crippen LogP contribution in [-0.2, 0) is 4.79 Å². The van der Waals surface area contributed by atoms with Crippen LogP contribution >= 0.6 is 12.2 Å². The highest BCUT2D eigenvalue weighted by Crippen LogP contribution is 2.43. The Morgan fingerprint density at radius 2 is 1.48 bits per heavy atom. The van der Waals surface area contributed by atoms with E-state index in [-0.39, 0.29) is 11.4 Å². The van der Waals surface area contributed by atoms with Crippen LogP contribution < -0.4 is 20.9 Å². The molecule has 2 aromatic carbocycles. The zero-order chi connectivity index (χ0) is 18.0.